The molecule has 4 N–H and O–H groups in total. The molecule has 1 atom stereocenters. The predicted octanol–water partition coefficient (Wildman–Crippen LogP) is 1.39. The Morgan fingerprint density at radius 1 is 1.35 bits per heavy atom. The molecule has 0 radical (unpaired) electrons. The zero-order valence-corrected chi connectivity index (χ0v) is 13.4. The number of carbonyl (C=O) groups excluding carboxylic acids is 1. The minimum absolute atomic E-state index is 0.00996. The maximum atomic E-state index is 12.6. The van der Waals surface area contributed by atoms with Crippen LogP contribution in [0.15, 0.2) is 5.16 Å². The maximum absolute atomic E-state index is 12.6. The lowest BCUT2D eigenvalue weighted by atomic mass is 9.77. The van der Waals surface area contributed by atoms with Crippen LogP contribution in [-0.2, 0) is 4.79 Å². The van der Waals surface area contributed by atoms with Crippen molar-refractivity contribution in [3.05, 3.63) is 0 Å². The van der Waals surface area contributed by atoms with Gasteiger partial charge in [0.1, 0.15) is 5.41 Å². The smallest absolute Gasteiger partial charge is 0.234 e. The predicted molar refractivity (Wildman–Crippen MR) is 81.8 cm³/mol. The fourth-order valence-corrected chi connectivity index (χ4v) is 2.63. The average Bonchev–Trinajstić information content (AvgIpc) is 2.36. The van der Waals surface area contributed by atoms with E-state index in [1.807, 2.05) is 39.8 Å². The summed E-state index contributed by atoms with van der Waals surface area (Å²) in [5.41, 5.74) is 4.93. The van der Waals surface area contributed by atoms with Crippen molar-refractivity contribution in [2.45, 2.75) is 52.5 Å². The van der Waals surface area contributed by atoms with Gasteiger partial charge in [0.25, 0.3) is 0 Å². The first-order valence-electron chi connectivity index (χ1n) is 7.27. The lowest BCUT2D eigenvalue weighted by Crippen LogP contribution is -2.53. The molecular formula is C14H30N4O2. The van der Waals surface area contributed by atoms with Crippen LogP contribution in [0.1, 0.15) is 46.5 Å². The summed E-state index contributed by atoms with van der Waals surface area (Å²) in [5.74, 6) is -0.137. The Balaban J connectivity index is 5.14. The number of rotatable bonds is 9. The fourth-order valence-electron chi connectivity index (χ4n) is 2.63. The van der Waals surface area contributed by atoms with Gasteiger partial charge in [-0.1, -0.05) is 31.8 Å². The van der Waals surface area contributed by atoms with E-state index >= 15 is 0 Å². The van der Waals surface area contributed by atoms with Crippen molar-refractivity contribution in [3.8, 4) is 0 Å². The lowest BCUT2D eigenvalue weighted by Gasteiger charge is -2.32. The molecule has 0 aliphatic heterocycles. The highest BCUT2D eigenvalue weighted by Gasteiger charge is 2.41. The summed E-state index contributed by atoms with van der Waals surface area (Å²) in [5, 5.41) is 15.1. The van der Waals surface area contributed by atoms with Gasteiger partial charge < -0.3 is 21.2 Å². The Morgan fingerprint density at radius 3 is 2.20 bits per heavy atom. The zero-order valence-electron chi connectivity index (χ0n) is 13.4. The van der Waals surface area contributed by atoms with Gasteiger partial charge in [0.05, 0.1) is 0 Å². The molecule has 1 amide bonds. The summed E-state index contributed by atoms with van der Waals surface area (Å²) in [6.07, 6.45) is 2.76. The van der Waals surface area contributed by atoms with Crippen LogP contribution in [0.5, 0.6) is 0 Å². The number of amides is 1. The molecule has 0 aromatic carbocycles. The number of hydrogen-bond donors (Lipinski definition) is 3. The van der Waals surface area contributed by atoms with Crippen LogP contribution in [-0.4, -0.2) is 48.5 Å². The zero-order chi connectivity index (χ0) is 15.8. The summed E-state index contributed by atoms with van der Waals surface area (Å²) in [6, 6.07) is 0.0112. The van der Waals surface area contributed by atoms with Crippen LogP contribution in [0, 0.1) is 5.41 Å². The Bertz CT molecular complexity index is 323. The van der Waals surface area contributed by atoms with E-state index < -0.39 is 5.41 Å². The second-order valence-electron chi connectivity index (χ2n) is 5.70. The van der Waals surface area contributed by atoms with Crippen molar-refractivity contribution in [2.24, 2.45) is 16.3 Å². The second-order valence-corrected chi connectivity index (χ2v) is 5.70. The summed E-state index contributed by atoms with van der Waals surface area (Å²) >= 11 is 0. The minimum Gasteiger partial charge on any atom is -0.409 e. The molecule has 6 nitrogen and oxygen atoms in total. The largest absolute Gasteiger partial charge is 0.409 e. The number of amidine groups is 1. The molecule has 6 heteroatoms. The third-order valence-electron chi connectivity index (χ3n) is 3.40. The number of nitrogens with zero attached hydrogens (tertiary/aromatic N) is 2. The monoisotopic (exact) mass is 286 g/mol. The van der Waals surface area contributed by atoms with Gasteiger partial charge in [-0.05, 0) is 33.9 Å². The molecule has 0 saturated heterocycles. The van der Waals surface area contributed by atoms with Crippen LogP contribution in [0.4, 0.5) is 0 Å². The second kappa shape index (κ2) is 8.79. The van der Waals surface area contributed by atoms with Crippen LogP contribution in [0.3, 0.4) is 0 Å². The normalized spacial score (nSPS) is 14.4. The fraction of sp³-hybridized carbons (Fsp3) is 0.857. The highest BCUT2D eigenvalue weighted by molar-refractivity contribution is 6.06. The van der Waals surface area contributed by atoms with E-state index in [2.05, 4.69) is 10.5 Å². The topological polar surface area (TPSA) is 91.0 Å². The molecule has 0 fully saturated rings. The van der Waals surface area contributed by atoms with Crippen LogP contribution < -0.4 is 11.1 Å². The molecule has 0 bridgehead atoms. The van der Waals surface area contributed by atoms with Gasteiger partial charge in [-0.3, -0.25) is 4.79 Å². The molecule has 1 unspecified atom stereocenters. The van der Waals surface area contributed by atoms with Gasteiger partial charge in [0.2, 0.25) is 5.91 Å². The standard InChI is InChI=1S/C14H30N4O2/c1-6-8-14(9-7-2,12(15)17-20)13(19)16-11(3)10-18(4)5/h11,20H,6-10H2,1-5H3,(H2,15,17)(H,16,19). The van der Waals surface area contributed by atoms with E-state index in [4.69, 9.17) is 10.9 Å². The summed E-state index contributed by atoms with van der Waals surface area (Å²) in [6.45, 7) is 6.68. The van der Waals surface area contributed by atoms with E-state index in [1.54, 1.807) is 0 Å². The number of carbonyl (C=O) groups is 1. The molecule has 0 heterocycles. The molecular weight excluding hydrogens is 256 g/mol. The van der Waals surface area contributed by atoms with Crippen molar-refractivity contribution in [2.75, 3.05) is 20.6 Å². The van der Waals surface area contributed by atoms with Crippen molar-refractivity contribution >= 4 is 11.7 Å². The molecule has 0 aliphatic rings. The van der Waals surface area contributed by atoms with E-state index in [0.717, 1.165) is 19.4 Å². The Kier molecular flexibility index (Phi) is 8.22. The molecule has 0 rings (SSSR count). The van der Waals surface area contributed by atoms with Crippen LogP contribution in [0.2, 0.25) is 0 Å². The van der Waals surface area contributed by atoms with Crippen molar-refractivity contribution in [1.29, 1.82) is 0 Å². The minimum atomic E-state index is -0.904. The van der Waals surface area contributed by atoms with Gasteiger partial charge in [0.15, 0.2) is 5.84 Å². The van der Waals surface area contributed by atoms with Crippen LogP contribution >= 0.6 is 0 Å². The van der Waals surface area contributed by atoms with Gasteiger partial charge in [0, 0.05) is 12.6 Å². The summed E-state index contributed by atoms with van der Waals surface area (Å²) in [4.78, 5) is 14.6. The average molecular weight is 286 g/mol. The lowest BCUT2D eigenvalue weighted by molar-refractivity contribution is -0.129. The van der Waals surface area contributed by atoms with Crippen LogP contribution in [0.25, 0.3) is 0 Å². The Morgan fingerprint density at radius 2 is 1.85 bits per heavy atom. The Hall–Kier alpha value is -1.30. The number of likely N-dealkylation sites (N-methyl/N-ethyl adjacent to an activating group) is 1. The quantitative estimate of drug-likeness (QED) is 0.258. The Labute approximate surface area is 122 Å². The van der Waals surface area contributed by atoms with Gasteiger partial charge in [-0.2, -0.15) is 0 Å². The molecule has 0 aliphatic carbocycles. The molecule has 0 saturated carbocycles. The van der Waals surface area contributed by atoms with Crippen molar-refractivity contribution < 1.29 is 10.0 Å². The molecule has 0 aromatic rings. The molecule has 0 aromatic heterocycles. The number of nitrogens with one attached hydrogen (secondary N) is 1. The number of hydrogen-bond acceptors (Lipinski definition) is 4. The third-order valence-corrected chi connectivity index (χ3v) is 3.40. The van der Waals surface area contributed by atoms with E-state index in [1.165, 1.54) is 0 Å². The maximum Gasteiger partial charge on any atom is 0.234 e. The summed E-state index contributed by atoms with van der Waals surface area (Å²) in [7, 11) is 3.91. The summed E-state index contributed by atoms with van der Waals surface area (Å²) < 4.78 is 0. The van der Waals surface area contributed by atoms with Crippen molar-refractivity contribution in [3.63, 3.8) is 0 Å². The SMILES string of the molecule is CCCC(CCC)(C(=O)NC(C)CN(C)C)C(N)=NO. The van der Waals surface area contributed by atoms with E-state index in [9.17, 15) is 4.79 Å². The molecule has 20 heavy (non-hydrogen) atoms. The number of oxime groups is 1. The number of nitrogens with two attached hydrogens (primary N) is 1. The van der Waals surface area contributed by atoms with Crippen molar-refractivity contribution in [1.82, 2.24) is 10.2 Å². The molecule has 0 spiro atoms. The van der Waals surface area contributed by atoms with Gasteiger partial charge >= 0.3 is 0 Å². The highest BCUT2D eigenvalue weighted by Crippen LogP contribution is 2.31. The highest BCUT2D eigenvalue weighted by atomic mass is 16.4. The first-order valence-corrected chi connectivity index (χ1v) is 7.27. The first kappa shape index (κ1) is 18.7. The van der Waals surface area contributed by atoms with Gasteiger partial charge in [-0.25, -0.2) is 0 Å². The van der Waals surface area contributed by atoms with E-state index in [0.29, 0.717) is 12.8 Å². The first-order chi connectivity index (χ1) is 9.33. The third kappa shape index (κ3) is 5.00. The molecule has 118 valence electrons. The van der Waals surface area contributed by atoms with E-state index in [-0.39, 0.29) is 17.8 Å². The van der Waals surface area contributed by atoms with Gasteiger partial charge in [-0.15, -0.1) is 0 Å².